The first-order valence-corrected chi connectivity index (χ1v) is 9.08. The number of nitrogens with zero attached hydrogens (tertiary/aromatic N) is 1. The second kappa shape index (κ2) is 5.28. The second-order valence-electron chi connectivity index (χ2n) is 5.19. The van der Waals surface area contributed by atoms with Crippen LogP contribution in [0.25, 0.3) is 0 Å². The molecule has 108 valence electrons. The number of nitrogens with two attached hydrogens (primary N) is 1. The number of hydrogen-bond donors (Lipinski definition) is 2. The van der Waals surface area contributed by atoms with Crippen LogP contribution in [-0.2, 0) is 9.84 Å². The van der Waals surface area contributed by atoms with Gasteiger partial charge in [-0.15, -0.1) is 0 Å². The number of hydrogen-bond acceptors (Lipinski definition) is 6. The zero-order valence-corrected chi connectivity index (χ0v) is 13.0. The van der Waals surface area contributed by atoms with E-state index in [-0.39, 0.29) is 16.5 Å². The molecule has 0 aromatic carbocycles. The largest absolute Gasteiger partial charge is 0.382 e. The zero-order valence-electron chi connectivity index (χ0n) is 11.4. The highest BCUT2D eigenvalue weighted by atomic mass is 32.2. The smallest absolute Gasteiger partial charge is 0.184 e. The van der Waals surface area contributed by atoms with Crippen LogP contribution < -0.4 is 11.1 Å². The van der Waals surface area contributed by atoms with Gasteiger partial charge in [-0.2, -0.15) is 4.37 Å². The van der Waals surface area contributed by atoms with E-state index in [9.17, 15) is 8.42 Å². The van der Waals surface area contributed by atoms with Gasteiger partial charge in [0, 0.05) is 6.54 Å². The van der Waals surface area contributed by atoms with Crippen LogP contribution in [-0.4, -0.2) is 25.1 Å². The van der Waals surface area contributed by atoms with Gasteiger partial charge in [0.2, 0.25) is 0 Å². The summed E-state index contributed by atoms with van der Waals surface area (Å²) >= 11 is 1.14. The van der Waals surface area contributed by atoms with Crippen molar-refractivity contribution in [1.29, 1.82) is 0 Å². The van der Waals surface area contributed by atoms with Gasteiger partial charge in [0.1, 0.15) is 9.90 Å². The summed E-state index contributed by atoms with van der Waals surface area (Å²) in [4.78, 5) is 0.186. The molecule has 0 radical (unpaired) electrons. The first-order chi connectivity index (χ1) is 8.94. The van der Waals surface area contributed by atoms with Gasteiger partial charge in [0.25, 0.3) is 0 Å². The molecule has 1 saturated carbocycles. The fourth-order valence-corrected chi connectivity index (χ4v) is 4.61. The molecule has 3 N–H and O–H groups in total. The van der Waals surface area contributed by atoms with E-state index in [4.69, 9.17) is 5.73 Å². The molecule has 1 aliphatic rings. The van der Waals surface area contributed by atoms with E-state index in [1.165, 1.54) is 19.3 Å². The fourth-order valence-electron chi connectivity index (χ4n) is 2.45. The summed E-state index contributed by atoms with van der Waals surface area (Å²) in [6.07, 6.45) is 4.80. The fraction of sp³-hybridized carbons (Fsp3) is 0.750. The van der Waals surface area contributed by atoms with Crippen molar-refractivity contribution < 1.29 is 8.42 Å². The molecule has 0 atom stereocenters. The van der Waals surface area contributed by atoms with Crippen LogP contribution >= 0.6 is 11.5 Å². The lowest BCUT2D eigenvalue weighted by molar-refractivity contribution is 0.145. The molecule has 0 aliphatic heterocycles. The summed E-state index contributed by atoms with van der Waals surface area (Å²) in [7, 11) is -3.32. The molecule has 1 heterocycles. The van der Waals surface area contributed by atoms with Crippen LogP contribution in [0.15, 0.2) is 4.90 Å². The minimum absolute atomic E-state index is 0.0449. The molecule has 0 amide bonds. The average molecular weight is 303 g/mol. The van der Waals surface area contributed by atoms with Crippen LogP contribution in [0, 0.1) is 5.41 Å². The SMILES string of the molecule is CCC1(CNc2snc(N)c2S(=O)(=O)CC)CCC1. The number of nitrogens with one attached hydrogen (secondary N) is 1. The molecule has 19 heavy (non-hydrogen) atoms. The summed E-state index contributed by atoms with van der Waals surface area (Å²) < 4.78 is 28.0. The topological polar surface area (TPSA) is 85.1 Å². The third kappa shape index (κ3) is 2.72. The van der Waals surface area contributed by atoms with Crippen molar-refractivity contribution in [2.24, 2.45) is 5.41 Å². The molecule has 1 aliphatic carbocycles. The maximum Gasteiger partial charge on any atom is 0.184 e. The van der Waals surface area contributed by atoms with Gasteiger partial charge in [0.05, 0.1) is 5.75 Å². The summed E-state index contributed by atoms with van der Waals surface area (Å²) in [5, 5.41) is 3.86. The van der Waals surface area contributed by atoms with E-state index in [1.807, 2.05) is 0 Å². The molecule has 1 aromatic rings. The van der Waals surface area contributed by atoms with E-state index in [2.05, 4.69) is 16.6 Å². The van der Waals surface area contributed by atoms with E-state index < -0.39 is 9.84 Å². The third-order valence-corrected chi connectivity index (χ3v) is 6.90. The number of anilines is 2. The number of nitrogen functional groups attached to an aromatic ring is 1. The Bertz CT molecular complexity index is 542. The predicted molar refractivity (Wildman–Crippen MR) is 79.3 cm³/mol. The van der Waals surface area contributed by atoms with E-state index in [0.717, 1.165) is 24.5 Å². The van der Waals surface area contributed by atoms with Crippen molar-refractivity contribution in [3.05, 3.63) is 0 Å². The molecule has 1 aromatic heterocycles. The monoisotopic (exact) mass is 303 g/mol. The number of aromatic nitrogens is 1. The number of rotatable bonds is 6. The van der Waals surface area contributed by atoms with Gasteiger partial charge in [-0.25, -0.2) is 8.42 Å². The van der Waals surface area contributed by atoms with Crippen LogP contribution in [0.4, 0.5) is 10.8 Å². The van der Waals surface area contributed by atoms with Crippen molar-refractivity contribution in [2.45, 2.75) is 44.4 Å². The van der Waals surface area contributed by atoms with E-state index >= 15 is 0 Å². The maximum atomic E-state index is 12.0. The van der Waals surface area contributed by atoms with E-state index in [0.29, 0.717) is 10.4 Å². The Balaban J connectivity index is 2.18. The molecule has 0 unspecified atom stereocenters. The molecular formula is C12H21N3O2S2. The van der Waals surface area contributed by atoms with Crippen molar-refractivity contribution in [2.75, 3.05) is 23.3 Å². The average Bonchev–Trinajstić information content (AvgIpc) is 2.70. The van der Waals surface area contributed by atoms with Crippen molar-refractivity contribution in [1.82, 2.24) is 4.37 Å². The van der Waals surface area contributed by atoms with Crippen LogP contribution in [0.2, 0.25) is 0 Å². The Labute approximate surface area is 118 Å². The molecule has 0 bridgehead atoms. The van der Waals surface area contributed by atoms with Gasteiger partial charge < -0.3 is 11.1 Å². The molecular weight excluding hydrogens is 282 g/mol. The Morgan fingerprint density at radius 3 is 2.58 bits per heavy atom. The summed E-state index contributed by atoms with van der Waals surface area (Å²) in [5.74, 6) is 0.164. The van der Waals surface area contributed by atoms with Gasteiger partial charge in [-0.05, 0) is 36.2 Å². The molecule has 0 saturated heterocycles. The lowest BCUT2D eigenvalue weighted by Gasteiger charge is -2.41. The summed E-state index contributed by atoms with van der Waals surface area (Å²) in [5.41, 5.74) is 6.03. The van der Waals surface area contributed by atoms with Crippen molar-refractivity contribution in [3.63, 3.8) is 0 Å². The van der Waals surface area contributed by atoms with Gasteiger partial charge >= 0.3 is 0 Å². The standard InChI is InChI=1S/C12H21N3O2S2/c1-3-12(6-5-7-12)8-14-11-9(10(13)15-18-11)19(16,17)4-2/h14H,3-8H2,1-2H3,(H2,13,15). The predicted octanol–water partition coefficient (Wildman–Crippen LogP) is 2.51. The van der Waals surface area contributed by atoms with Gasteiger partial charge in [-0.3, -0.25) is 0 Å². The zero-order chi connectivity index (χ0) is 14.1. The minimum atomic E-state index is -3.32. The molecule has 2 rings (SSSR count). The molecule has 5 nitrogen and oxygen atoms in total. The Hall–Kier alpha value is -0.820. The quantitative estimate of drug-likeness (QED) is 0.843. The normalized spacial score (nSPS) is 18.0. The Kier molecular flexibility index (Phi) is 4.06. The highest BCUT2D eigenvalue weighted by Crippen LogP contribution is 2.44. The maximum absolute atomic E-state index is 12.0. The van der Waals surface area contributed by atoms with Gasteiger partial charge in [-0.1, -0.05) is 20.3 Å². The lowest BCUT2D eigenvalue weighted by Crippen LogP contribution is -2.35. The first-order valence-electron chi connectivity index (χ1n) is 6.66. The van der Waals surface area contributed by atoms with Crippen LogP contribution in [0.3, 0.4) is 0 Å². The highest BCUT2D eigenvalue weighted by Gasteiger charge is 2.35. The Morgan fingerprint density at radius 2 is 2.11 bits per heavy atom. The molecule has 7 heteroatoms. The Morgan fingerprint density at radius 1 is 1.42 bits per heavy atom. The summed E-state index contributed by atoms with van der Waals surface area (Å²) in [6, 6.07) is 0. The minimum Gasteiger partial charge on any atom is -0.382 e. The third-order valence-electron chi connectivity index (χ3n) is 4.15. The molecule has 1 fully saturated rings. The number of sulfone groups is 1. The first kappa shape index (κ1) is 14.6. The van der Waals surface area contributed by atoms with Crippen LogP contribution in [0.5, 0.6) is 0 Å². The van der Waals surface area contributed by atoms with Crippen LogP contribution in [0.1, 0.15) is 39.5 Å². The van der Waals surface area contributed by atoms with Gasteiger partial charge in [0.15, 0.2) is 15.7 Å². The summed E-state index contributed by atoms with van der Waals surface area (Å²) in [6.45, 7) is 4.61. The second-order valence-corrected chi connectivity index (χ2v) is 8.18. The van der Waals surface area contributed by atoms with Crippen molar-refractivity contribution in [3.8, 4) is 0 Å². The van der Waals surface area contributed by atoms with E-state index in [1.54, 1.807) is 6.92 Å². The highest BCUT2D eigenvalue weighted by molar-refractivity contribution is 7.91. The lowest BCUT2D eigenvalue weighted by atomic mass is 9.67. The van der Waals surface area contributed by atoms with Crippen molar-refractivity contribution >= 4 is 32.2 Å². The molecule has 0 spiro atoms.